The topological polar surface area (TPSA) is 63.8 Å². The van der Waals surface area contributed by atoms with Crippen LogP contribution in [-0.4, -0.2) is 15.0 Å². The Balaban J connectivity index is 2.16. The lowest BCUT2D eigenvalue weighted by atomic mass is 10.1. The number of nitrogens with one attached hydrogen (secondary N) is 1. The van der Waals surface area contributed by atoms with Gasteiger partial charge >= 0.3 is 0 Å². The summed E-state index contributed by atoms with van der Waals surface area (Å²) in [7, 11) is 0. The predicted octanol–water partition coefficient (Wildman–Crippen LogP) is 3.16. The fourth-order valence-corrected chi connectivity index (χ4v) is 2.02. The first kappa shape index (κ1) is 12.8. The molecule has 0 amide bonds. The number of rotatable bonds is 4. The van der Waals surface area contributed by atoms with Gasteiger partial charge in [-0.3, -0.25) is 0 Å². The molecule has 18 heavy (non-hydrogen) atoms. The van der Waals surface area contributed by atoms with Gasteiger partial charge in [0.1, 0.15) is 23.1 Å². The van der Waals surface area contributed by atoms with Gasteiger partial charge in [-0.2, -0.15) is 0 Å². The van der Waals surface area contributed by atoms with Crippen molar-refractivity contribution in [3.8, 4) is 0 Å². The molecular weight excluding hydrogens is 252 g/mol. The van der Waals surface area contributed by atoms with Gasteiger partial charge in [-0.05, 0) is 12.8 Å². The minimum absolute atomic E-state index is 0.243. The smallest absolute Gasteiger partial charge is 0.213 e. The Labute approximate surface area is 111 Å². The van der Waals surface area contributed by atoms with Crippen LogP contribution < -0.4 is 5.32 Å². The third-order valence-electron chi connectivity index (χ3n) is 2.49. The summed E-state index contributed by atoms with van der Waals surface area (Å²) in [6.07, 6.45) is 3.13. The first-order valence-corrected chi connectivity index (χ1v) is 6.11. The van der Waals surface area contributed by atoms with Gasteiger partial charge in [0.15, 0.2) is 0 Å². The van der Waals surface area contributed by atoms with Crippen LogP contribution in [0.15, 0.2) is 16.9 Å². The summed E-state index contributed by atoms with van der Waals surface area (Å²) in [5.74, 6) is 2.38. The standard InChI is InChI=1S/C12H15ClN4O/c1-7(2)10-11(13)16-6-17-12(10)15-5-9-14-4-8(3)18-9/h4,6-7H,5H2,1-3H3,(H,15,16,17). The maximum Gasteiger partial charge on any atom is 0.213 e. The van der Waals surface area contributed by atoms with Crippen molar-refractivity contribution in [1.29, 1.82) is 0 Å². The molecule has 0 aliphatic heterocycles. The molecule has 2 heterocycles. The van der Waals surface area contributed by atoms with Crippen molar-refractivity contribution >= 4 is 17.4 Å². The quantitative estimate of drug-likeness (QED) is 0.861. The van der Waals surface area contributed by atoms with E-state index in [0.29, 0.717) is 17.6 Å². The summed E-state index contributed by atoms with van der Waals surface area (Å²) in [4.78, 5) is 12.3. The third kappa shape index (κ3) is 2.79. The Morgan fingerprint density at radius 1 is 1.33 bits per heavy atom. The number of anilines is 1. The zero-order valence-electron chi connectivity index (χ0n) is 10.6. The first-order valence-electron chi connectivity index (χ1n) is 5.73. The molecule has 0 bridgehead atoms. The molecule has 96 valence electrons. The highest BCUT2D eigenvalue weighted by Crippen LogP contribution is 2.28. The van der Waals surface area contributed by atoms with Gasteiger partial charge in [0.2, 0.25) is 5.89 Å². The minimum Gasteiger partial charge on any atom is -0.444 e. The van der Waals surface area contributed by atoms with Gasteiger partial charge in [0, 0.05) is 5.56 Å². The van der Waals surface area contributed by atoms with E-state index in [2.05, 4.69) is 20.3 Å². The summed E-state index contributed by atoms with van der Waals surface area (Å²) in [5.41, 5.74) is 0.905. The van der Waals surface area contributed by atoms with Crippen LogP contribution in [0.2, 0.25) is 5.15 Å². The van der Waals surface area contributed by atoms with Crippen LogP contribution in [0.5, 0.6) is 0 Å². The van der Waals surface area contributed by atoms with Crippen molar-refractivity contribution in [2.45, 2.75) is 33.2 Å². The lowest BCUT2D eigenvalue weighted by molar-refractivity contribution is 0.478. The normalized spacial score (nSPS) is 10.9. The SMILES string of the molecule is Cc1cnc(CNc2ncnc(Cl)c2C(C)C)o1. The second kappa shape index (κ2) is 5.35. The number of hydrogen-bond acceptors (Lipinski definition) is 5. The molecule has 0 atom stereocenters. The third-order valence-corrected chi connectivity index (χ3v) is 2.79. The molecule has 5 nitrogen and oxygen atoms in total. The van der Waals surface area contributed by atoms with Gasteiger partial charge in [0.25, 0.3) is 0 Å². The average molecular weight is 267 g/mol. The van der Waals surface area contributed by atoms with E-state index in [9.17, 15) is 0 Å². The maximum absolute atomic E-state index is 6.08. The van der Waals surface area contributed by atoms with Crippen molar-refractivity contribution in [2.24, 2.45) is 0 Å². The highest BCUT2D eigenvalue weighted by molar-refractivity contribution is 6.30. The summed E-state index contributed by atoms with van der Waals surface area (Å²) in [6.45, 7) is 6.43. The summed E-state index contributed by atoms with van der Waals surface area (Å²) < 4.78 is 5.39. The largest absolute Gasteiger partial charge is 0.444 e. The number of aryl methyl sites for hydroxylation is 1. The van der Waals surface area contributed by atoms with E-state index >= 15 is 0 Å². The summed E-state index contributed by atoms with van der Waals surface area (Å²) in [5, 5.41) is 3.65. The number of oxazole rings is 1. The monoisotopic (exact) mass is 266 g/mol. The van der Waals surface area contributed by atoms with E-state index < -0.39 is 0 Å². The van der Waals surface area contributed by atoms with Crippen molar-refractivity contribution in [2.75, 3.05) is 5.32 Å². The molecule has 0 aliphatic rings. The van der Waals surface area contributed by atoms with Crippen LogP contribution in [0.1, 0.15) is 37.0 Å². The number of hydrogen-bond donors (Lipinski definition) is 1. The molecule has 0 aliphatic carbocycles. The zero-order chi connectivity index (χ0) is 13.1. The number of nitrogens with zero attached hydrogens (tertiary/aromatic N) is 3. The molecule has 6 heteroatoms. The van der Waals surface area contributed by atoms with Crippen LogP contribution in [0.25, 0.3) is 0 Å². The molecular formula is C12H15ClN4O. The van der Waals surface area contributed by atoms with Crippen molar-refractivity contribution < 1.29 is 4.42 Å². The zero-order valence-corrected chi connectivity index (χ0v) is 11.3. The second-order valence-electron chi connectivity index (χ2n) is 4.30. The highest BCUT2D eigenvalue weighted by atomic mass is 35.5. The van der Waals surface area contributed by atoms with Crippen LogP contribution in [0.4, 0.5) is 5.82 Å². The molecule has 0 unspecified atom stereocenters. The summed E-state index contributed by atoms with van der Waals surface area (Å²) >= 11 is 6.08. The molecule has 0 saturated carbocycles. The maximum atomic E-state index is 6.08. The van der Waals surface area contributed by atoms with Crippen LogP contribution in [-0.2, 0) is 6.54 Å². The highest BCUT2D eigenvalue weighted by Gasteiger charge is 2.13. The van der Waals surface area contributed by atoms with E-state index in [1.54, 1.807) is 6.20 Å². The Kier molecular flexibility index (Phi) is 3.81. The van der Waals surface area contributed by atoms with E-state index in [-0.39, 0.29) is 5.92 Å². The fourth-order valence-electron chi connectivity index (χ4n) is 1.67. The number of halogens is 1. The van der Waals surface area contributed by atoms with E-state index in [0.717, 1.165) is 17.1 Å². The van der Waals surface area contributed by atoms with Crippen molar-refractivity contribution in [1.82, 2.24) is 15.0 Å². The first-order chi connectivity index (χ1) is 8.58. The van der Waals surface area contributed by atoms with E-state index in [4.69, 9.17) is 16.0 Å². The van der Waals surface area contributed by atoms with E-state index in [1.807, 2.05) is 20.8 Å². The van der Waals surface area contributed by atoms with E-state index in [1.165, 1.54) is 6.33 Å². The molecule has 1 N–H and O–H groups in total. The van der Waals surface area contributed by atoms with Gasteiger partial charge in [-0.15, -0.1) is 0 Å². The van der Waals surface area contributed by atoms with Gasteiger partial charge in [-0.25, -0.2) is 15.0 Å². The van der Waals surface area contributed by atoms with Gasteiger partial charge < -0.3 is 9.73 Å². The second-order valence-corrected chi connectivity index (χ2v) is 4.66. The lowest BCUT2D eigenvalue weighted by Gasteiger charge is -2.13. The predicted molar refractivity (Wildman–Crippen MR) is 69.7 cm³/mol. The van der Waals surface area contributed by atoms with Gasteiger partial charge in [-0.1, -0.05) is 25.4 Å². The molecule has 0 aromatic carbocycles. The van der Waals surface area contributed by atoms with Crippen molar-refractivity contribution in [3.63, 3.8) is 0 Å². The molecule has 2 aromatic rings. The molecule has 0 spiro atoms. The summed E-state index contributed by atoms with van der Waals surface area (Å²) in [6, 6.07) is 0. The average Bonchev–Trinajstić information content (AvgIpc) is 2.72. The van der Waals surface area contributed by atoms with Crippen LogP contribution in [0, 0.1) is 6.92 Å². The Hall–Kier alpha value is -1.62. The van der Waals surface area contributed by atoms with Gasteiger partial charge in [0.05, 0.1) is 12.7 Å². The Morgan fingerprint density at radius 2 is 2.11 bits per heavy atom. The number of aromatic nitrogens is 3. The molecule has 0 fully saturated rings. The van der Waals surface area contributed by atoms with Crippen LogP contribution >= 0.6 is 11.6 Å². The Morgan fingerprint density at radius 3 is 2.72 bits per heavy atom. The fraction of sp³-hybridized carbons (Fsp3) is 0.417. The van der Waals surface area contributed by atoms with Crippen molar-refractivity contribution in [3.05, 3.63) is 34.9 Å². The molecule has 2 rings (SSSR count). The minimum atomic E-state index is 0.243. The molecule has 0 saturated heterocycles. The lowest BCUT2D eigenvalue weighted by Crippen LogP contribution is -2.07. The molecule has 2 aromatic heterocycles. The molecule has 0 radical (unpaired) electrons. The Bertz CT molecular complexity index is 539. The van der Waals surface area contributed by atoms with Crippen LogP contribution in [0.3, 0.4) is 0 Å².